The van der Waals surface area contributed by atoms with E-state index in [-0.39, 0.29) is 35.6 Å². The summed E-state index contributed by atoms with van der Waals surface area (Å²) in [4.78, 5) is 24.3. The van der Waals surface area contributed by atoms with Crippen molar-refractivity contribution < 1.29 is 18.1 Å². The molecule has 1 aromatic carbocycles. The fourth-order valence-corrected chi connectivity index (χ4v) is 4.36. The van der Waals surface area contributed by atoms with Crippen molar-refractivity contribution in [2.24, 2.45) is 0 Å². The van der Waals surface area contributed by atoms with Crippen molar-refractivity contribution in [3.05, 3.63) is 34.4 Å². The van der Waals surface area contributed by atoms with Gasteiger partial charge in [-0.1, -0.05) is 0 Å². The third-order valence-corrected chi connectivity index (χ3v) is 6.72. The molecule has 2 aliphatic rings. The average molecular weight is 382 g/mol. The maximum atomic E-state index is 12.7. The highest BCUT2D eigenvalue weighted by atomic mass is 32.2. The highest BCUT2D eigenvalue weighted by molar-refractivity contribution is 7.89. The predicted octanol–water partition coefficient (Wildman–Crippen LogP) is 0.568. The van der Waals surface area contributed by atoms with Crippen molar-refractivity contribution in [2.45, 2.75) is 36.7 Å². The Hall–Kier alpha value is -2.04. The van der Waals surface area contributed by atoms with Gasteiger partial charge in [-0.05, 0) is 31.9 Å². The lowest BCUT2D eigenvalue weighted by atomic mass is 10.2. The van der Waals surface area contributed by atoms with Crippen LogP contribution in [0.1, 0.15) is 19.8 Å². The lowest BCUT2D eigenvalue weighted by molar-refractivity contribution is -0.384. The number of carbonyl (C=O) groups excluding carboxylic acids is 1. The summed E-state index contributed by atoms with van der Waals surface area (Å²) < 4.78 is 26.7. The zero-order chi connectivity index (χ0) is 18.9. The molecule has 1 aliphatic heterocycles. The summed E-state index contributed by atoms with van der Waals surface area (Å²) in [5, 5.41) is 13.7. The molecule has 1 N–H and O–H groups in total. The summed E-state index contributed by atoms with van der Waals surface area (Å²) in [6.45, 7) is 3.32. The molecule has 1 aliphatic carbocycles. The highest BCUT2D eigenvalue weighted by Gasteiger charge is 2.33. The molecule has 2 fully saturated rings. The molecule has 1 heterocycles. The molecule has 0 bridgehead atoms. The Balaban J connectivity index is 1.60. The summed E-state index contributed by atoms with van der Waals surface area (Å²) in [6, 6.07) is 4.89. The van der Waals surface area contributed by atoms with Crippen LogP contribution in [0.2, 0.25) is 0 Å². The van der Waals surface area contributed by atoms with Crippen molar-refractivity contribution in [3.63, 3.8) is 0 Å². The number of carbonyl (C=O) groups is 1. The van der Waals surface area contributed by atoms with E-state index in [4.69, 9.17) is 0 Å². The number of nitro groups is 1. The molecule has 9 nitrogen and oxygen atoms in total. The zero-order valence-corrected chi connectivity index (χ0v) is 15.3. The molecule has 1 atom stereocenters. The Kier molecular flexibility index (Phi) is 5.26. The molecule has 0 radical (unpaired) electrons. The minimum Gasteiger partial charge on any atom is -0.352 e. The summed E-state index contributed by atoms with van der Waals surface area (Å²) in [6.07, 6.45) is 2.05. The van der Waals surface area contributed by atoms with Crippen molar-refractivity contribution >= 4 is 21.6 Å². The zero-order valence-electron chi connectivity index (χ0n) is 14.5. The lowest BCUT2D eigenvalue weighted by Crippen LogP contribution is -2.55. The van der Waals surface area contributed by atoms with Crippen LogP contribution in [0, 0.1) is 10.1 Å². The van der Waals surface area contributed by atoms with Gasteiger partial charge in [0, 0.05) is 44.4 Å². The molecule has 10 heteroatoms. The van der Waals surface area contributed by atoms with Crippen LogP contribution in [-0.2, 0) is 14.8 Å². The van der Waals surface area contributed by atoms with Crippen LogP contribution >= 0.6 is 0 Å². The molecule has 142 valence electrons. The quantitative estimate of drug-likeness (QED) is 0.568. The predicted molar refractivity (Wildman–Crippen MR) is 94.1 cm³/mol. The molecule has 1 saturated heterocycles. The van der Waals surface area contributed by atoms with Crippen LogP contribution in [0.4, 0.5) is 5.69 Å². The Bertz CT molecular complexity index is 783. The molecule has 1 aromatic rings. The number of hydrogen-bond acceptors (Lipinski definition) is 6. The van der Waals surface area contributed by atoms with E-state index < -0.39 is 14.9 Å². The first kappa shape index (κ1) is 18.7. The van der Waals surface area contributed by atoms with Crippen LogP contribution in [0.25, 0.3) is 0 Å². The number of nitro benzene ring substituents is 1. The van der Waals surface area contributed by atoms with E-state index in [9.17, 15) is 23.3 Å². The topological polar surface area (TPSA) is 113 Å². The summed E-state index contributed by atoms with van der Waals surface area (Å²) in [5.74, 6) is -0.0147. The van der Waals surface area contributed by atoms with Gasteiger partial charge in [0.1, 0.15) is 0 Å². The first-order valence-corrected chi connectivity index (χ1v) is 10.0. The number of nitrogens with zero attached hydrogens (tertiary/aromatic N) is 3. The van der Waals surface area contributed by atoms with Crippen molar-refractivity contribution in [1.82, 2.24) is 14.5 Å². The van der Waals surface area contributed by atoms with Gasteiger partial charge < -0.3 is 5.32 Å². The standard InChI is InChI=1S/C16H22N4O5S/c1-12(16(21)17-13-2-3-13)18-8-10-19(11-9-18)26(24,25)15-6-4-14(5-7-15)20(22)23/h4-7,12-13H,2-3,8-11H2,1H3,(H,17,21)/t12-/m1/s1. The number of non-ortho nitro benzene ring substituents is 1. The van der Waals surface area contributed by atoms with Crippen LogP contribution < -0.4 is 5.32 Å². The van der Waals surface area contributed by atoms with Gasteiger partial charge in [-0.3, -0.25) is 19.8 Å². The third-order valence-electron chi connectivity index (χ3n) is 4.81. The fraction of sp³-hybridized carbons (Fsp3) is 0.562. The molecule has 26 heavy (non-hydrogen) atoms. The summed E-state index contributed by atoms with van der Waals surface area (Å²) >= 11 is 0. The van der Waals surface area contributed by atoms with Gasteiger partial charge in [0.15, 0.2) is 0 Å². The van der Waals surface area contributed by atoms with Gasteiger partial charge in [-0.2, -0.15) is 4.31 Å². The normalized spacial score (nSPS) is 20.5. The highest BCUT2D eigenvalue weighted by Crippen LogP contribution is 2.22. The molecule has 0 unspecified atom stereocenters. The van der Waals surface area contributed by atoms with E-state index >= 15 is 0 Å². The Labute approximate surface area is 152 Å². The molecule has 3 rings (SSSR count). The molecule has 1 saturated carbocycles. The number of nitrogens with one attached hydrogen (secondary N) is 1. The van der Waals surface area contributed by atoms with Crippen molar-refractivity contribution in [1.29, 1.82) is 0 Å². The van der Waals surface area contributed by atoms with E-state index in [2.05, 4.69) is 5.32 Å². The molecule has 0 aromatic heterocycles. The van der Waals surface area contributed by atoms with E-state index in [0.29, 0.717) is 19.1 Å². The number of sulfonamides is 1. The van der Waals surface area contributed by atoms with Gasteiger partial charge in [0.25, 0.3) is 5.69 Å². The number of rotatable bonds is 6. The number of hydrogen-bond donors (Lipinski definition) is 1. The Morgan fingerprint density at radius 3 is 2.27 bits per heavy atom. The van der Waals surface area contributed by atoms with E-state index in [0.717, 1.165) is 12.8 Å². The third kappa shape index (κ3) is 4.02. The number of piperazine rings is 1. The van der Waals surface area contributed by atoms with Gasteiger partial charge in [0.05, 0.1) is 15.9 Å². The second-order valence-corrected chi connectivity index (χ2v) is 8.59. The van der Waals surface area contributed by atoms with Gasteiger partial charge >= 0.3 is 0 Å². The van der Waals surface area contributed by atoms with Crippen molar-refractivity contribution in [2.75, 3.05) is 26.2 Å². The van der Waals surface area contributed by atoms with Crippen LogP contribution in [-0.4, -0.2) is 66.7 Å². The second-order valence-electron chi connectivity index (χ2n) is 6.65. The molecular weight excluding hydrogens is 360 g/mol. The monoisotopic (exact) mass is 382 g/mol. The van der Waals surface area contributed by atoms with Gasteiger partial charge in [-0.15, -0.1) is 0 Å². The SMILES string of the molecule is C[C@H](C(=O)NC1CC1)N1CCN(S(=O)(=O)c2ccc([N+](=O)[O-])cc2)CC1. The van der Waals surface area contributed by atoms with E-state index in [1.54, 1.807) is 0 Å². The number of benzene rings is 1. The van der Waals surface area contributed by atoms with Gasteiger partial charge in [0.2, 0.25) is 15.9 Å². The minimum absolute atomic E-state index is 0.0147. The average Bonchev–Trinajstić information content (AvgIpc) is 3.45. The first-order chi connectivity index (χ1) is 12.3. The van der Waals surface area contributed by atoms with Crippen LogP contribution in [0.3, 0.4) is 0 Å². The van der Waals surface area contributed by atoms with Crippen molar-refractivity contribution in [3.8, 4) is 0 Å². The fourth-order valence-electron chi connectivity index (χ4n) is 2.94. The molecule has 0 spiro atoms. The van der Waals surface area contributed by atoms with E-state index in [1.807, 2.05) is 11.8 Å². The number of amides is 1. The molecular formula is C16H22N4O5S. The van der Waals surface area contributed by atoms with Gasteiger partial charge in [-0.25, -0.2) is 8.42 Å². The van der Waals surface area contributed by atoms with Crippen LogP contribution in [0.5, 0.6) is 0 Å². The minimum atomic E-state index is -3.70. The largest absolute Gasteiger partial charge is 0.352 e. The summed E-state index contributed by atoms with van der Waals surface area (Å²) in [7, 11) is -3.70. The Morgan fingerprint density at radius 2 is 1.77 bits per heavy atom. The molecule has 1 amide bonds. The van der Waals surface area contributed by atoms with Crippen LogP contribution in [0.15, 0.2) is 29.2 Å². The Morgan fingerprint density at radius 1 is 1.19 bits per heavy atom. The second kappa shape index (κ2) is 7.29. The smallest absolute Gasteiger partial charge is 0.269 e. The van der Waals surface area contributed by atoms with E-state index in [1.165, 1.54) is 28.6 Å². The first-order valence-electron chi connectivity index (χ1n) is 8.58. The maximum absolute atomic E-state index is 12.7. The summed E-state index contributed by atoms with van der Waals surface area (Å²) in [5.41, 5.74) is -0.149. The lowest BCUT2D eigenvalue weighted by Gasteiger charge is -2.36. The maximum Gasteiger partial charge on any atom is 0.269 e.